The predicted octanol–water partition coefficient (Wildman–Crippen LogP) is 2.92. The fourth-order valence-corrected chi connectivity index (χ4v) is 2.45. The molecule has 2 rings (SSSR count). The van der Waals surface area contributed by atoms with Gasteiger partial charge in [-0.25, -0.2) is 0 Å². The molecule has 0 bridgehead atoms. The molecule has 1 unspecified atom stereocenters. The number of aryl methyl sites for hydroxylation is 1. The lowest BCUT2D eigenvalue weighted by Crippen LogP contribution is -2.22. The second-order valence-corrected chi connectivity index (χ2v) is 5.53. The maximum Gasteiger partial charge on any atom is 0.0441 e. The quantitative estimate of drug-likeness (QED) is 0.907. The van der Waals surface area contributed by atoms with Gasteiger partial charge in [0, 0.05) is 37.7 Å². The van der Waals surface area contributed by atoms with Crippen molar-refractivity contribution in [2.75, 3.05) is 11.9 Å². The lowest BCUT2D eigenvalue weighted by molar-refractivity contribution is 0.733. The van der Waals surface area contributed by atoms with Crippen molar-refractivity contribution in [1.82, 2.24) is 4.98 Å². The van der Waals surface area contributed by atoms with Crippen LogP contribution in [0.5, 0.6) is 0 Å². The minimum atomic E-state index is 0.169. The van der Waals surface area contributed by atoms with Crippen LogP contribution < -0.4 is 10.6 Å². The standard InChI is InChI=1S/C17H23N3/c1-13-6-7-17(16(9-13)10-14(2)18)20(3)12-15-5-4-8-19-11-15/h4-9,11,14H,10,12,18H2,1-3H3. The smallest absolute Gasteiger partial charge is 0.0441 e. The van der Waals surface area contributed by atoms with Crippen LogP contribution >= 0.6 is 0 Å². The summed E-state index contributed by atoms with van der Waals surface area (Å²) in [4.78, 5) is 6.43. The first-order chi connectivity index (χ1) is 9.56. The summed E-state index contributed by atoms with van der Waals surface area (Å²) in [5.74, 6) is 0. The van der Waals surface area contributed by atoms with Crippen molar-refractivity contribution >= 4 is 5.69 Å². The van der Waals surface area contributed by atoms with Gasteiger partial charge in [-0.15, -0.1) is 0 Å². The minimum absolute atomic E-state index is 0.169. The highest BCUT2D eigenvalue weighted by atomic mass is 15.1. The fraction of sp³-hybridized carbons (Fsp3) is 0.353. The third-order valence-corrected chi connectivity index (χ3v) is 3.33. The van der Waals surface area contributed by atoms with E-state index in [0.717, 1.165) is 13.0 Å². The Labute approximate surface area is 121 Å². The highest BCUT2D eigenvalue weighted by Gasteiger charge is 2.10. The van der Waals surface area contributed by atoms with Gasteiger partial charge >= 0.3 is 0 Å². The first kappa shape index (κ1) is 14.5. The number of pyridine rings is 1. The van der Waals surface area contributed by atoms with Crippen molar-refractivity contribution in [3.8, 4) is 0 Å². The molecular weight excluding hydrogens is 246 g/mol. The molecule has 106 valence electrons. The van der Waals surface area contributed by atoms with Gasteiger partial charge in [-0.3, -0.25) is 4.98 Å². The molecule has 1 atom stereocenters. The topological polar surface area (TPSA) is 42.2 Å². The van der Waals surface area contributed by atoms with E-state index in [-0.39, 0.29) is 6.04 Å². The molecule has 0 radical (unpaired) electrons. The van der Waals surface area contributed by atoms with Gasteiger partial charge in [-0.1, -0.05) is 23.8 Å². The SMILES string of the molecule is Cc1ccc(N(C)Cc2cccnc2)c(CC(C)N)c1. The van der Waals surface area contributed by atoms with E-state index in [4.69, 9.17) is 5.73 Å². The van der Waals surface area contributed by atoms with Gasteiger partial charge in [0.2, 0.25) is 0 Å². The van der Waals surface area contributed by atoms with Gasteiger partial charge < -0.3 is 10.6 Å². The molecule has 3 heteroatoms. The predicted molar refractivity (Wildman–Crippen MR) is 84.9 cm³/mol. The van der Waals surface area contributed by atoms with Crippen LogP contribution in [0.15, 0.2) is 42.7 Å². The molecule has 2 N–H and O–H groups in total. The zero-order valence-corrected chi connectivity index (χ0v) is 12.5. The van der Waals surface area contributed by atoms with E-state index in [2.05, 4.69) is 48.1 Å². The van der Waals surface area contributed by atoms with Crippen molar-refractivity contribution < 1.29 is 0 Å². The van der Waals surface area contributed by atoms with Crippen LogP contribution in [0.3, 0.4) is 0 Å². The number of aromatic nitrogens is 1. The Hall–Kier alpha value is -1.87. The fourth-order valence-electron chi connectivity index (χ4n) is 2.45. The van der Waals surface area contributed by atoms with Crippen LogP contribution in [0.25, 0.3) is 0 Å². The monoisotopic (exact) mass is 269 g/mol. The molecule has 0 spiro atoms. The van der Waals surface area contributed by atoms with E-state index < -0.39 is 0 Å². The molecule has 1 heterocycles. The van der Waals surface area contributed by atoms with Gasteiger partial charge in [0.05, 0.1) is 0 Å². The average molecular weight is 269 g/mol. The van der Waals surface area contributed by atoms with Gasteiger partial charge in [0.25, 0.3) is 0 Å². The van der Waals surface area contributed by atoms with Crippen LogP contribution in [0.2, 0.25) is 0 Å². The Morgan fingerprint density at radius 3 is 2.75 bits per heavy atom. The normalized spacial score (nSPS) is 12.2. The van der Waals surface area contributed by atoms with Crippen molar-refractivity contribution in [1.29, 1.82) is 0 Å². The summed E-state index contributed by atoms with van der Waals surface area (Å²) in [7, 11) is 2.11. The molecule has 0 amide bonds. The molecule has 1 aromatic heterocycles. The van der Waals surface area contributed by atoms with Crippen molar-refractivity contribution in [2.24, 2.45) is 5.73 Å². The summed E-state index contributed by atoms with van der Waals surface area (Å²) in [6, 6.07) is 10.8. The molecule has 0 aliphatic heterocycles. The summed E-state index contributed by atoms with van der Waals surface area (Å²) in [5.41, 5.74) is 11.0. The Balaban J connectivity index is 2.22. The lowest BCUT2D eigenvalue weighted by Gasteiger charge is -2.23. The Bertz CT molecular complexity index is 549. The molecule has 0 aliphatic rings. The molecule has 2 aromatic rings. The zero-order chi connectivity index (χ0) is 14.5. The van der Waals surface area contributed by atoms with Gasteiger partial charge in [-0.05, 0) is 43.5 Å². The Morgan fingerprint density at radius 1 is 1.30 bits per heavy atom. The number of nitrogens with two attached hydrogens (primary N) is 1. The van der Waals surface area contributed by atoms with E-state index in [1.165, 1.54) is 22.4 Å². The maximum absolute atomic E-state index is 5.97. The zero-order valence-electron chi connectivity index (χ0n) is 12.5. The van der Waals surface area contributed by atoms with Crippen molar-refractivity contribution in [2.45, 2.75) is 32.9 Å². The van der Waals surface area contributed by atoms with E-state index in [1.807, 2.05) is 19.2 Å². The van der Waals surface area contributed by atoms with E-state index in [0.29, 0.717) is 0 Å². The number of benzene rings is 1. The van der Waals surface area contributed by atoms with Gasteiger partial charge in [0.15, 0.2) is 0 Å². The first-order valence-corrected chi connectivity index (χ1v) is 7.01. The molecular formula is C17H23N3. The van der Waals surface area contributed by atoms with Crippen LogP contribution in [0.1, 0.15) is 23.6 Å². The Morgan fingerprint density at radius 2 is 2.10 bits per heavy atom. The average Bonchev–Trinajstić information content (AvgIpc) is 2.39. The Kier molecular flexibility index (Phi) is 4.74. The molecule has 1 aromatic carbocycles. The summed E-state index contributed by atoms with van der Waals surface area (Å²) in [6.07, 6.45) is 4.61. The number of rotatable bonds is 5. The highest BCUT2D eigenvalue weighted by Crippen LogP contribution is 2.23. The number of nitrogens with zero attached hydrogens (tertiary/aromatic N) is 2. The lowest BCUT2D eigenvalue weighted by atomic mass is 10.0. The first-order valence-electron chi connectivity index (χ1n) is 7.01. The molecule has 20 heavy (non-hydrogen) atoms. The third kappa shape index (κ3) is 3.81. The second kappa shape index (κ2) is 6.53. The van der Waals surface area contributed by atoms with Crippen LogP contribution in [0.4, 0.5) is 5.69 Å². The molecule has 0 fully saturated rings. The third-order valence-electron chi connectivity index (χ3n) is 3.33. The maximum atomic E-state index is 5.97. The number of hydrogen-bond donors (Lipinski definition) is 1. The highest BCUT2D eigenvalue weighted by molar-refractivity contribution is 5.55. The van der Waals surface area contributed by atoms with E-state index in [1.54, 1.807) is 6.20 Å². The van der Waals surface area contributed by atoms with Crippen LogP contribution in [-0.2, 0) is 13.0 Å². The van der Waals surface area contributed by atoms with Gasteiger partial charge in [0.1, 0.15) is 0 Å². The molecule has 0 saturated heterocycles. The van der Waals surface area contributed by atoms with E-state index in [9.17, 15) is 0 Å². The van der Waals surface area contributed by atoms with Crippen LogP contribution in [-0.4, -0.2) is 18.1 Å². The van der Waals surface area contributed by atoms with Crippen molar-refractivity contribution in [3.05, 3.63) is 59.4 Å². The van der Waals surface area contributed by atoms with Gasteiger partial charge in [-0.2, -0.15) is 0 Å². The number of anilines is 1. The summed E-state index contributed by atoms with van der Waals surface area (Å²) in [5, 5.41) is 0. The summed E-state index contributed by atoms with van der Waals surface area (Å²) >= 11 is 0. The molecule has 0 saturated carbocycles. The largest absolute Gasteiger partial charge is 0.370 e. The molecule has 0 aliphatic carbocycles. The summed E-state index contributed by atoms with van der Waals surface area (Å²) in [6.45, 7) is 5.02. The van der Waals surface area contributed by atoms with E-state index >= 15 is 0 Å². The second-order valence-electron chi connectivity index (χ2n) is 5.53. The molecule has 3 nitrogen and oxygen atoms in total. The minimum Gasteiger partial charge on any atom is -0.370 e. The summed E-state index contributed by atoms with van der Waals surface area (Å²) < 4.78 is 0. The number of hydrogen-bond acceptors (Lipinski definition) is 3. The van der Waals surface area contributed by atoms with Crippen molar-refractivity contribution in [3.63, 3.8) is 0 Å². The van der Waals surface area contributed by atoms with Crippen LogP contribution in [0, 0.1) is 6.92 Å².